The van der Waals surface area contributed by atoms with Crippen molar-refractivity contribution in [3.63, 3.8) is 0 Å². The molecule has 9 atom stereocenters. The number of cyclic esters (lactones) is 1. The van der Waals surface area contributed by atoms with Crippen LogP contribution >= 0.6 is 0 Å². The van der Waals surface area contributed by atoms with Crippen molar-refractivity contribution in [2.24, 2.45) is 23.5 Å². The van der Waals surface area contributed by atoms with E-state index in [-0.39, 0.29) is 69.0 Å². The van der Waals surface area contributed by atoms with Crippen molar-refractivity contribution < 1.29 is 58.1 Å². The van der Waals surface area contributed by atoms with Gasteiger partial charge < -0.3 is 57.1 Å². The molecular weight excluding hydrogens is 905 g/mol. The number of aliphatic hydroxyl groups excluding tert-OH is 1. The largest absolute Gasteiger partial charge is 0.508 e. The van der Waals surface area contributed by atoms with Crippen LogP contribution in [0, 0.1) is 17.8 Å². The molecule has 2 saturated heterocycles. The molecule has 2 aliphatic rings. The van der Waals surface area contributed by atoms with E-state index in [1.807, 2.05) is 0 Å². The first kappa shape index (κ1) is 56.0. The van der Waals surface area contributed by atoms with Crippen molar-refractivity contribution in [1.82, 2.24) is 36.4 Å². The number of carbonyl (C=O) groups is 9. The third kappa shape index (κ3) is 14.7. The van der Waals surface area contributed by atoms with Crippen LogP contribution in [0.25, 0.3) is 0 Å². The van der Waals surface area contributed by atoms with Gasteiger partial charge in [-0.05, 0) is 67.2 Å². The molecule has 20 heteroatoms. The Kier molecular flexibility index (Phi) is 19.9. The predicted molar refractivity (Wildman–Crippen MR) is 256 cm³/mol. The van der Waals surface area contributed by atoms with Gasteiger partial charge in [-0.3, -0.25) is 38.4 Å². The molecule has 2 fully saturated rings. The number of nitrogens with one attached hydrogen (secondary N) is 5. The topological polar surface area (TPSA) is 296 Å². The molecule has 384 valence electrons. The predicted octanol–water partition coefficient (Wildman–Crippen LogP) is 1.09. The van der Waals surface area contributed by atoms with E-state index in [1.165, 1.54) is 26.1 Å². The van der Waals surface area contributed by atoms with Crippen molar-refractivity contribution in [2.75, 3.05) is 7.05 Å². The van der Waals surface area contributed by atoms with Gasteiger partial charge in [-0.1, -0.05) is 90.9 Å². The van der Waals surface area contributed by atoms with Gasteiger partial charge in [0, 0.05) is 39.2 Å². The lowest BCUT2D eigenvalue weighted by atomic mass is 9.92. The number of fused-ring (bicyclic) bond motifs is 2. The number of likely N-dealkylation sites (N-methyl/N-ethyl adjacent to an activating group) is 1. The normalized spacial score (nSPS) is 25.6. The number of hydrogen-bond acceptors (Lipinski definition) is 12. The Balaban J connectivity index is 1.91. The van der Waals surface area contributed by atoms with Crippen LogP contribution < -0.4 is 32.3 Å². The second-order valence-corrected chi connectivity index (χ2v) is 19.6. The molecule has 0 spiro atoms. The lowest BCUT2D eigenvalue weighted by molar-refractivity contribution is -0.158. The molecule has 0 radical (unpaired) electrons. The van der Waals surface area contributed by atoms with Gasteiger partial charge in [-0.2, -0.15) is 0 Å². The van der Waals surface area contributed by atoms with Gasteiger partial charge in [0.15, 0.2) is 0 Å². The minimum Gasteiger partial charge on any atom is -0.508 e. The van der Waals surface area contributed by atoms with E-state index in [0.717, 1.165) is 9.80 Å². The van der Waals surface area contributed by atoms with Crippen molar-refractivity contribution in [3.8, 4) is 5.75 Å². The second kappa shape index (κ2) is 24.8. The number of benzene rings is 2. The summed E-state index contributed by atoms with van der Waals surface area (Å²) in [5.41, 5.74) is 4.73. The van der Waals surface area contributed by atoms with E-state index in [1.54, 1.807) is 90.9 Å². The molecule has 2 unspecified atom stereocenters. The Bertz CT molecular complexity index is 2210. The molecule has 70 heavy (non-hydrogen) atoms. The maximum Gasteiger partial charge on any atom is 0.329 e. The summed E-state index contributed by atoms with van der Waals surface area (Å²) in [7, 11) is 1.36. The van der Waals surface area contributed by atoms with Crippen LogP contribution in [-0.4, -0.2) is 134 Å². The number of amides is 8. The number of nitrogens with zero attached hydrogens (tertiary/aromatic N) is 2. The van der Waals surface area contributed by atoms with Gasteiger partial charge in [0.2, 0.25) is 41.4 Å². The molecule has 2 aromatic rings. The van der Waals surface area contributed by atoms with Crippen LogP contribution in [0.3, 0.4) is 0 Å². The van der Waals surface area contributed by atoms with Crippen LogP contribution in [0.4, 0.5) is 0 Å². The SMILES string of the molecule is CCC12C[C@H](O)N(C1=O)C(Cc1ccccc1)C(=O)N(C)[C@@H](Cc1ccc(O)cc1)C(=O)N[C@@H](C(C)C)C(=O)O[C@H](C)[C@H](NC(=O)[C@H](CCC(N)=O)NC(=O)CC(C)C)C(=O)N[C@@H](CC(C)C)C(=O)N2. The lowest BCUT2D eigenvalue weighted by Crippen LogP contribution is -2.63. The number of primary amides is 1. The third-order valence-corrected chi connectivity index (χ3v) is 12.7. The average molecular weight is 977 g/mol. The van der Waals surface area contributed by atoms with E-state index in [4.69, 9.17) is 10.5 Å². The quantitative estimate of drug-likeness (QED) is 0.110. The highest BCUT2D eigenvalue weighted by Gasteiger charge is 2.55. The maximum atomic E-state index is 15.1. The number of carbonyl (C=O) groups excluding carboxylic acids is 9. The second-order valence-electron chi connectivity index (χ2n) is 19.6. The molecule has 0 aliphatic carbocycles. The van der Waals surface area contributed by atoms with Crippen molar-refractivity contribution in [1.29, 1.82) is 0 Å². The van der Waals surface area contributed by atoms with Gasteiger partial charge in [0.1, 0.15) is 59.9 Å². The number of hydrogen-bond donors (Lipinski definition) is 8. The molecule has 2 bridgehead atoms. The number of phenolic OH excluding ortho intramolecular Hbond substituents is 1. The van der Waals surface area contributed by atoms with Gasteiger partial charge in [0.25, 0.3) is 5.91 Å². The number of aliphatic hydroxyl groups is 1. The number of nitrogens with two attached hydrogens (primary N) is 1. The minimum atomic E-state index is -1.79. The van der Waals surface area contributed by atoms with Gasteiger partial charge in [-0.25, -0.2) is 4.79 Å². The van der Waals surface area contributed by atoms with E-state index in [2.05, 4.69) is 26.6 Å². The van der Waals surface area contributed by atoms with Crippen molar-refractivity contribution in [2.45, 2.75) is 161 Å². The first-order valence-corrected chi connectivity index (χ1v) is 24.0. The zero-order valence-electron chi connectivity index (χ0n) is 41.7. The number of rotatable bonds is 16. The molecule has 0 aromatic heterocycles. The average Bonchev–Trinajstić information content (AvgIpc) is 3.53. The fourth-order valence-corrected chi connectivity index (χ4v) is 8.70. The Morgan fingerprint density at radius 2 is 1.47 bits per heavy atom. The Hall–Kier alpha value is -6.57. The van der Waals surface area contributed by atoms with Crippen LogP contribution in [-0.2, 0) is 60.7 Å². The number of aromatic hydroxyl groups is 1. The molecular formula is C50H72N8O12. The molecule has 2 aliphatic heterocycles. The van der Waals surface area contributed by atoms with E-state index < -0.39 is 113 Å². The zero-order chi connectivity index (χ0) is 52.2. The van der Waals surface area contributed by atoms with Gasteiger partial charge >= 0.3 is 5.97 Å². The highest BCUT2D eigenvalue weighted by Crippen LogP contribution is 2.34. The first-order chi connectivity index (χ1) is 32.9. The molecule has 8 amide bonds. The Morgan fingerprint density at radius 3 is 2.04 bits per heavy atom. The molecule has 2 aromatic carbocycles. The van der Waals surface area contributed by atoms with E-state index in [9.17, 15) is 48.6 Å². The standard InChI is InChI=1S/C50H72N8O12/c1-10-50-26-40(62)58(49(50)69)37(25-31-14-12-11-13-15-31)47(67)57(9)36(24-32-16-18-33(59)19-17-32)45(65)54-41(29(6)7)48(68)70-30(8)42(46(66)53-35(22-27(2)3)44(64)56-50)55-43(63)34(20-21-38(51)60)52-39(61)23-28(4)5/h11-19,27-30,34-37,40-42,59,62H,10,20-26H2,1-9H3,(H2,51,60)(H,52,61)(H,53,66)(H,54,65)(H,55,63)(H,56,64)/t30-,34+,35+,36+,37?,40+,41+,42+,50?/m1/s1. The summed E-state index contributed by atoms with van der Waals surface area (Å²) >= 11 is 0. The monoisotopic (exact) mass is 977 g/mol. The molecule has 0 saturated carbocycles. The van der Waals surface area contributed by atoms with Crippen LogP contribution in [0.5, 0.6) is 5.75 Å². The Morgan fingerprint density at radius 1 is 0.857 bits per heavy atom. The maximum absolute atomic E-state index is 15.1. The molecule has 20 nitrogen and oxygen atoms in total. The summed E-state index contributed by atoms with van der Waals surface area (Å²) in [5.74, 6) is -8.53. The van der Waals surface area contributed by atoms with Crippen molar-refractivity contribution in [3.05, 3.63) is 65.7 Å². The summed E-state index contributed by atoms with van der Waals surface area (Å²) in [4.78, 5) is 129. The summed E-state index contributed by atoms with van der Waals surface area (Å²) in [6.45, 7) is 13.3. The lowest BCUT2D eigenvalue weighted by Gasteiger charge is -2.37. The summed E-state index contributed by atoms with van der Waals surface area (Å²) in [5, 5.41) is 35.3. The van der Waals surface area contributed by atoms with Gasteiger partial charge in [0.05, 0.1) is 0 Å². The van der Waals surface area contributed by atoms with Crippen molar-refractivity contribution >= 4 is 53.2 Å². The highest BCUT2D eigenvalue weighted by molar-refractivity contribution is 6.00. The van der Waals surface area contributed by atoms with Crippen LogP contribution in [0.2, 0.25) is 0 Å². The van der Waals surface area contributed by atoms with Crippen LogP contribution in [0.1, 0.15) is 105 Å². The first-order valence-electron chi connectivity index (χ1n) is 24.0. The fraction of sp³-hybridized carbons (Fsp3) is 0.580. The third-order valence-electron chi connectivity index (χ3n) is 12.7. The Labute approximate surface area is 409 Å². The fourth-order valence-electron chi connectivity index (χ4n) is 8.70. The molecule has 4 rings (SSSR count). The zero-order valence-corrected chi connectivity index (χ0v) is 41.7. The number of esters is 1. The molecule has 2 heterocycles. The van der Waals surface area contributed by atoms with E-state index >= 15 is 4.79 Å². The van der Waals surface area contributed by atoms with E-state index in [0.29, 0.717) is 11.1 Å². The van der Waals surface area contributed by atoms with Crippen LogP contribution in [0.15, 0.2) is 54.6 Å². The summed E-state index contributed by atoms with van der Waals surface area (Å²) in [6, 6.07) is 5.88. The summed E-state index contributed by atoms with van der Waals surface area (Å²) < 4.78 is 5.90. The highest BCUT2D eigenvalue weighted by atomic mass is 16.5. The smallest absolute Gasteiger partial charge is 0.329 e. The number of phenols is 1. The summed E-state index contributed by atoms with van der Waals surface area (Å²) in [6.07, 6.45) is -4.36. The number of ether oxygens (including phenoxy) is 1. The minimum absolute atomic E-state index is 0.00292. The van der Waals surface area contributed by atoms with Gasteiger partial charge in [-0.15, -0.1) is 0 Å². The molecule has 9 N–H and O–H groups in total.